The Balaban J connectivity index is 2.04. The highest BCUT2D eigenvalue weighted by molar-refractivity contribution is 5.18. The van der Waals surface area contributed by atoms with Gasteiger partial charge in [0.2, 0.25) is 0 Å². The first-order valence-corrected chi connectivity index (χ1v) is 5.88. The highest BCUT2D eigenvalue weighted by Crippen LogP contribution is 2.26. The fraction of sp³-hybridized carbons (Fsp3) is 0.538. The third-order valence-corrected chi connectivity index (χ3v) is 3.58. The van der Waals surface area contributed by atoms with Crippen molar-refractivity contribution in [3.05, 3.63) is 35.9 Å². The zero-order valence-corrected chi connectivity index (χ0v) is 9.71. The van der Waals surface area contributed by atoms with Gasteiger partial charge in [0, 0.05) is 37.7 Å². The maximum atomic E-state index is 9.20. The molecule has 2 rings (SSSR count). The quantitative estimate of drug-likeness (QED) is 0.799. The van der Waals surface area contributed by atoms with Crippen LogP contribution in [0.2, 0.25) is 0 Å². The number of aliphatic hydroxyl groups is 1. The average Bonchev–Trinajstić information content (AvgIpc) is 2.71. The summed E-state index contributed by atoms with van der Waals surface area (Å²) in [5.74, 6) is 0.228. The largest absolute Gasteiger partial charge is 0.396 e. The second-order valence-electron chi connectivity index (χ2n) is 4.65. The SMILES string of the molecule is C[C@@H](c1ccccc1)N1C[C@H](CO)[C@@H](N)C1. The number of rotatable bonds is 3. The Morgan fingerprint density at radius 2 is 2.06 bits per heavy atom. The van der Waals surface area contributed by atoms with E-state index in [0.717, 1.165) is 13.1 Å². The maximum absolute atomic E-state index is 9.20. The van der Waals surface area contributed by atoms with Crippen LogP contribution in [-0.2, 0) is 0 Å². The van der Waals surface area contributed by atoms with Crippen molar-refractivity contribution in [3.63, 3.8) is 0 Å². The lowest BCUT2D eigenvalue weighted by molar-refractivity contribution is 0.202. The van der Waals surface area contributed by atoms with Gasteiger partial charge in [-0.15, -0.1) is 0 Å². The number of nitrogens with two attached hydrogens (primary N) is 1. The van der Waals surface area contributed by atoms with Crippen LogP contribution in [0.25, 0.3) is 0 Å². The second-order valence-corrected chi connectivity index (χ2v) is 4.65. The van der Waals surface area contributed by atoms with Gasteiger partial charge >= 0.3 is 0 Å². The van der Waals surface area contributed by atoms with Gasteiger partial charge in [0.15, 0.2) is 0 Å². The fourth-order valence-corrected chi connectivity index (χ4v) is 2.38. The smallest absolute Gasteiger partial charge is 0.0486 e. The van der Waals surface area contributed by atoms with Gasteiger partial charge in [-0.05, 0) is 12.5 Å². The topological polar surface area (TPSA) is 49.5 Å². The molecule has 1 heterocycles. The van der Waals surface area contributed by atoms with Crippen molar-refractivity contribution in [2.45, 2.75) is 19.0 Å². The zero-order valence-electron chi connectivity index (χ0n) is 9.71. The predicted octanol–water partition coefficient (Wildman–Crippen LogP) is 0.999. The van der Waals surface area contributed by atoms with Crippen molar-refractivity contribution in [1.82, 2.24) is 4.90 Å². The molecule has 0 amide bonds. The highest BCUT2D eigenvalue weighted by atomic mass is 16.3. The minimum Gasteiger partial charge on any atom is -0.396 e. The molecule has 0 saturated carbocycles. The van der Waals surface area contributed by atoms with Crippen LogP contribution in [0.3, 0.4) is 0 Å². The van der Waals surface area contributed by atoms with E-state index in [1.807, 2.05) is 6.07 Å². The lowest BCUT2D eigenvalue weighted by Gasteiger charge is -2.24. The standard InChI is InChI=1S/C13H20N2O/c1-10(11-5-3-2-4-6-11)15-7-12(9-16)13(14)8-15/h2-6,10,12-13,16H,7-9,14H2,1H3/t10-,12+,13-/m0/s1. The summed E-state index contributed by atoms with van der Waals surface area (Å²) < 4.78 is 0. The molecular weight excluding hydrogens is 200 g/mol. The van der Waals surface area contributed by atoms with E-state index in [0.29, 0.717) is 6.04 Å². The summed E-state index contributed by atoms with van der Waals surface area (Å²) in [6.45, 7) is 4.16. The molecule has 1 saturated heterocycles. The first-order chi connectivity index (χ1) is 7.72. The van der Waals surface area contributed by atoms with E-state index in [9.17, 15) is 5.11 Å². The van der Waals surface area contributed by atoms with Crippen LogP contribution in [0.15, 0.2) is 30.3 Å². The van der Waals surface area contributed by atoms with Crippen molar-refractivity contribution >= 4 is 0 Å². The Kier molecular flexibility index (Phi) is 3.59. The summed E-state index contributed by atoms with van der Waals surface area (Å²) >= 11 is 0. The molecule has 0 radical (unpaired) electrons. The second kappa shape index (κ2) is 4.95. The molecule has 0 bridgehead atoms. The highest BCUT2D eigenvalue weighted by Gasteiger charge is 2.32. The van der Waals surface area contributed by atoms with Gasteiger partial charge in [0.25, 0.3) is 0 Å². The van der Waals surface area contributed by atoms with E-state index < -0.39 is 0 Å². The Labute approximate surface area is 96.9 Å². The third-order valence-electron chi connectivity index (χ3n) is 3.58. The molecule has 0 unspecified atom stereocenters. The molecule has 1 aromatic carbocycles. The van der Waals surface area contributed by atoms with Crippen molar-refractivity contribution in [2.75, 3.05) is 19.7 Å². The summed E-state index contributed by atoms with van der Waals surface area (Å²) in [4.78, 5) is 2.35. The minimum atomic E-state index is 0.108. The Morgan fingerprint density at radius 1 is 1.38 bits per heavy atom. The monoisotopic (exact) mass is 220 g/mol. The minimum absolute atomic E-state index is 0.108. The van der Waals surface area contributed by atoms with Crippen molar-refractivity contribution in [3.8, 4) is 0 Å². The molecule has 1 fully saturated rings. The first kappa shape index (κ1) is 11.6. The molecule has 3 nitrogen and oxygen atoms in total. The fourth-order valence-electron chi connectivity index (χ4n) is 2.38. The lowest BCUT2D eigenvalue weighted by atomic mass is 10.1. The van der Waals surface area contributed by atoms with E-state index in [1.54, 1.807) is 0 Å². The lowest BCUT2D eigenvalue weighted by Crippen LogP contribution is -2.31. The third kappa shape index (κ3) is 2.26. The van der Waals surface area contributed by atoms with Crippen LogP contribution >= 0.6 is 0 Å². The molecule has 1 aliphatic heterocycles. The van der Waals surface area contributed by atoms with Gasteiger partial charge in [-0.25, -0.2) is 0 Å². The number of likely N-dealkylation sites (tertiary alicyclic amines) is 1. The summed E-state index contributed by atoms with van der Waals surface area (Å²) in [7, 11) is 0. The molecule has 3 N–H and O–H groups in total. The number of hydrogen-bond acceptors (Lipinski definition) is 3. The first-order valence-electron chi connectivity index (χ1n) is 5.88. The Hall–Kier alpha value is -0.900. The van der Waals surface area contributed by atoms with E-state index in [2.05, 4.69) is 36.1 Å². The predicted molar refractivity (Wildman–Crippen MR) is 65.0 cm³/mol. The van der Waals surface area contributed by atoms with E-state index in [1.165, 1.54) is 5.56 Å². The van der Waals surface area contributed by atoms with Crippen LogP contribution in [-0.4, -0.2) is 35.7 Å². The van der Waals surface area contributed by atoms with Gasteiger partial charge in [0.05, 0.1) is 0 Å². The van der Waals surface area contributed by atoms with Crippen LogP contribution in [0.1, 0.15) is 18.5 Å². The Bertz CT molecular complexity index is 328. The molecule has 1 aromatic rings. The van der Waals surface area contributed by atoms with Crippen molar-refractivity contribution < 1.29 is 5.11 Å². The molecule has 0 spiro atoms. The summed E-state index contributed by atoms with van der Waals surface area (Å²) in [6, 6.07) is 10.9. The number of aliphatic hydroxyl groups excluding tert-OH is 1. The number of hydrogen-bond donors (Lipinski definition) is 2. The van der Waals surface area contributed by atoms with Crippen LogP contribution in [0.4, 0.5) is 0 Å². The molecule has 1 aliphatic rings. The zero-order chi connectivity index (χ0) is 11.5. The summed E-state index contributed by atoms with van der Waals surface area (Å²) in [5.41, 5.74) is 7.31. The van der Waals surface area contributed by atoms with Crippen molar-refractivity contribution in [1.29, 1.82) is 0 Å². The Morgan fingerprint density at radius 3 is 2.62 bits per heavy atom. The average molecular weight is 220 g/mol. The van der Waals surface area contributed by atoms with Gasteiger partial charge in [-0.1, -0.05) is 30.3 Å². The molecular formula is C13H20N2O. The molecule has 0 aromatic heterocycles. The summed E-state index contributed by atoms with van der Waals surface area (Å²) in [5, 5.41) is 9.20. The van der Waals surface area contributed by atoms with E-state index in [4.69, 9.17) is 5.73 Å². The molecule has 0 aliphatic carbocycles. The van der Waals surface area contributed by atoms with Crippen LogP contribution in [0.5, 0.6) is 0 Å². The van der Waals surface area contributed by atoms with E-state index in [-0.39, 0.29) is 18.6 Å². The molecule has 3 atom stereocenters. The van der Waals surface area contributed by atoms with Crippen LogP contribution in [0, 0.1) is 5.92 Å². The van der Waals surface area contributed by atoms with Gasteiger partial charge in [0.1, 0.15) is 0 Å². The van der Waals surface area contributed by atoms with Gasteiger partial charge in [-0.2, -0.15) is 0 Å². The van der Waals surface area contributed by atoms with Gasteiger partial charge in [-0.3, -0.25) is 4.90 Å². The van der Waals surface area contributed by atoms with Crippen molar-refractivity contribution in [2.24, 2.45) is 11.7 Å². The number of nitrogens with zero attached hydrogens (tertiary/aromatic N) is 1. The molecule has 88 valence electrons. The summed E-state index contributed by atoms with van der Waals surface area (Å²) in [6.07, 6.45) is 0. The molecule has 16 heavy (non-hydrogen) atoms. The number of benzene rings is 1. The van der Waals surface area contributed by atoms with Gasteiger partial charge < -0.3 is 10.8 Å². The van der Waals surface area contributed by atoms with E-state index >= 15 is 0 Å². The normalized spacial score (nSPS) is 28.2. The molecule has 3 heteroatoms. The van der Waals surface area contributed by atoms with Crippen LogP contribution < -0.4 is 5.73 Å². The maximum Gasteiger partial charge on any atom is 0.0486 e.